The summed E-state index contributed by atoms with van der Waals surface area (Å²) >= 11 is 0. The molecule has 5 rings (SSSR count). The topological polar surface area (TPSA) is 71.4 Å². The summed E-state index contributed by atoms with van der Waals surface area (Å²) in [7, 11) is 0. The number of carbonyl (C=O) groups excluding carboxylic acids is 2. The summed E-state index contributed by atoms with van der Waals surface area (Å²) in [5.74, 6) is -0.636. The monoisotopic (exact) mass is 500 g/mol. The van der Waals surface area contributed by atoms with Crippen LogP contribution in [0, 0.1) is 0 Å². The lowest BCUT2D eigenvalue weighted by Crippen LogP contribution is -2.02. The maximum atomic E-state index is 11.8. The highest BCUT2D eigenvalue weighted by atomic mass is 16.4. The van der Waals surface area contributed by atoms with Gasteiger partial charge in [0.15, 0.2) is 11.6 Å². The van der Waals surface area contributed by atoms with Gasteiger partial charge in [0.1, 0.15) is 0 Å². The van der Waals surface area contributed by atoms with Crippen LogP contribution >= 0.6 is 0 Å². The van der Waals surface area contributed by atoms with Crippen LogP contribution in [0.5, 0.6) is 0 Å². The van der Waals surface area contributed by atoms with Gasteiger partial charge in [0.2, 0.25) is 0 Å². The number of benzene rings is 5. The second kappa shape index (κ2) is 15.1. The fourth-order valence-corrected chi connectivity index (χ4v) is 3.43. The van der Waals surface area contributed by atoms with E-state index in [-0.39, 0.29) is 11.6 Å². The standard InChI is InChI=1S/C14H12O.C13H10O.C7H6O2/c15-14(13-9-5-2-6-10-13)11-12-7-3-1-4-8-12;14-13(11-7-3-1-4-8-11)12-9-5-2-6-10-12;8-7(9)6-4-2-1-3-5-6/h1-10H,11H2;1-10H;1-5H,(H,8,9). The first-order valence-electron chi connectivity index (χ1n) is 12.1. The predicted octanol–water partition coefficient (Wildman–Crippen LogP) is 7.41. The SMILES string of the molecule is O=C(Cc1ccccc1)c1ccccc1.O=C(O)c1ccccc1.O=C(c1ccccc1)c1ccccc1. The fraction of sp³-hybridized carbons (Fsp3) is 0.0294. The molecule has 0 aliphatic heterocycles. The van der Waals surface area contributed by atoms with Crippen LogP contribution in [0.3, 0.4) is 0 Å². The summed E-state index contributed by atoms with van der Waals surface area (Å²) in [5.41, 5.74) is 3.64. The van der Waals surface area contributed by atoms with Gasteiger partial charge in [-0.1, -0.05) is 140 Å². The molecule has 1 N–H and O–H groups in total. The number of carboxylic acids is 1. The summed E-state index contributed by atoms with van der Waals surface area (Å²) in [6.45, 7) is 0. The Morgan fingerprint density at radius 1 is 0.421 bits per heavy atom. The van der Waals surface area contributed by atoms with Gasteiger partial charge in [0, 0.05) is 23.1 Å². The molecule has 0 aromatic heterocycles. The normalized spacial score (nSPS) is 9.58. The lowest BCUT2D eigenvalue weighted by atomic mass is 10.0. The number of hydrogen-bond acceptors (Lipinski definition) is 3. The summed E-state index contributed by atoms with van der Waals surface area (Å²) in [6.07, 6.45) is 0.477. The second-order valence-electron chi connectivity index (χ2n) is 8.18. The number of Topliss-reactive ketones (excluding diaryl/α,β-unsaturated/α-hetero) is 1. The van der Waals surface area contributed by atoms with Crippen LogP contribution in [0.25, 0.3) is 0 Å². The molecule has 4 heteroatoms. The minimum Gasteiger partial charge on any atom is -0.478 e. The Balaban J connectivity index is 0.000000163. The summed E-state index contributed by atoms with van der Waals surface area (Å²) in [4.78, 5) is 33.9. The van der Waals surface area contributed by atoms with Gasteiger partial charge in [0.05, 0.1) is 5.56 Å². The molecular formula is C34H28O4. The van der Waals surface area contributed by atoms with Gasteiger partial charge < -0.3 is 5.11 Å². The number of carboxylic acid groups (broad SMARTS) is 1. The first-order chi connectivity index (χ1) is 18.5. The Kier molecular flexibility index (Phi) is 10.9. The Hall–Kier alpha value is -5.09. The van der Waals surface area contributed by atoms with Crippen molar-refractivity contribution >= 4 is 17.5 Å². The summed E-state index contributed by atoms with van der Waals surface area (Å²) in [5, 5.41) is 8.38. The molecule has 0 aliphatic carbocycles. The third-order valence-electron chi connectivity index (χ3n) is 5.40. The first-order valence-corrected chi connectivity index (χ1v) is 12.1. The van der Waals surface area contributed by atoms with Crippen molar-refractivity contribution in [2.75, 3.05) is 0 Å². The van der Waals surface area contributed by atoms with Crippen molar-refractivity contribution in [2.24, 2.45) is 0 Å². The highest BCUT2D eigenvalue weighted by molar-refractivity contribution is 6.08. The largest absolute Gasteiger partial charge is 0.478 e. The maximum Gasteiger partial charge on any atom is 0.335 e. The van der Waals surface area contributed by atoms with Crippen LogP contribution in [0.1, 0.15) is 42.2 Å². The number of rotatable bonds is 6. The quantitative estimate of drug-likeness (QED) is 0.246. The van der Waals surface area contributed by atoms with Crippen LogP contribution in [-0.2, 0) is 6.42 Å². The van der Waals surface area contributed by atoms with E-state index in [0.717, 1.165) is 22.3 Å². The minimum absolute atomic E-state index is 0.0752. The van der Waals surface area contributed by atoms with Crippen molar-refractivity contribution in [1.29, 1.82) is 0 Å². The third kappa shape index (κ3) is 9.17. The predicted molar refractivity (Wildman–Crippen MR) is 151 cm³/mol. The molecule has 0 saturated heterocycles. The van der Waals surface area contributed by atoms with E-state index < -0.39 is 5.97 Å². The van der Waals surface area contributed by atoms with Gasteiger partial charge in [-0.05, 0) is 17.7 Å². The lowest BCUT2D eigenvalue weighted by molar-refractivity contribution is 0.0696. The molecule has 4 nitrogen and oxygen atoms in total. The molecule has 5 aromatic rings. The van der Waals surface area contributed by atoms with Crippen molar-refractivity contribution in [1.82, 2.24) is 0 Å². The van der Waals surface area contributed by atoms with Crippen molar-refractivity contribution in [2.45, 2.75) is 6.42 Å². The van der Waals surface area contributed by atoms with E-state index in [2.05, 4.69) is 0 Å². The van der Waals surface area contributed by atoms with Crippen molar-refractivity contribution in [3.63, 3.8) is 0 Å². The minimum atomic E-state index is -0.879. The van der Waals surface area contributed by atoms with Crippen LogP contribution < -0.4 is 0 Å². The van der Waals surface area contributed by atoms with Gasteiger partial charge in [-0.15, -0.1) is 0 Å². The Bertz CT molecular complexity index is 1360. The summed E-state index contributed by atoms with van der Waals surface area (Å²) in [6, 6.07) is 46.1. The first kappa shape index (κ1) is 27.5. The van der Waals surface area contributed by atoms with E-state index in [9.17, 15) is 14.4 Å². The molecule has 0 atom stereocenters. The van der Waals surface area contributed by atoms with E-state index in [1.165, 1.54) is 0 Å². The molecule has 0 spiro atoms. The zero-order valence-electron chi connectivity index (χ0n) is 20.8. The molecule has 0 radical (unpaired) electrons. The van der Waals surface area contributed by atoms with Crippen LogP contribution in [0.4, 0.5) is 0 Å². The van der Waals surface area contributed by atoms with E-state index in [0.29, 0.717) is 12.0 Å². The number of carbonyl (C=O) groups is 3. The van der Waals surface area contributed by atoms with Crippen molar-refractivity contribution in [3.05, 3.63) is 179 Å². The van der Waals surface area contributed by atoms with E-state index in [1.54, 1.807) is 30.3 Å². The molecule has 0 amide bonds. The van der Waals surface area contributed by atoms with Gasteiger partial charge in [-0.25, -0.2) is 4.79 Å². The molecule has 0 fully saturated rings. The Morgan fingerprint density at radius 3 is 1.08 bits per heavy atom. The zero-order valence-corrected chi connectivity index (χ0v) is 20.8. The molecule has 38 heavy (non-hydrogen) atoms. The zero-order chi connectivity index (χ0) is 27.0. The van der Waals surface area contributed by atoms with Gasteiger partial charge in [0.25, 0.3) is 0 Å². The van der Waals surface area contributed by atoms with Crippen LogP contribution in [-0.4, -0.2) is 22.6 Å². The Labute approximate surface area is 222 Å². The molecule has 0 aliphatic rings. The summed E-state index contributed by atoms with van der Waals surface area (Å²) < 4.78 is 0. The Morgan fingerprint density at radius 2 is 0.737 bits per heavy atom. The molecule has 188 valence electrons. The number of hydrogen-bond donors (Lipinski definition) is 1. The van der Waals surface area contributed by atoms with Gasteiger partial charge >= 0.3 is 5.97 Å². The highest BCUT2D eigenvalue weighted by Crippen LogP contribution is 2.09. The highest BCUT2D eigenvalue weighted by Gasteiger charge is 2.06. The van der Waals surface area contributed by atoms with Crippen molar-refractivity contribution in [3.8, 4) is 0 Å². The molecule has 5 aromatic carbocycles. The molecular weight excluding hydrogens is 472 g/mol. The average molecular weight is 501 g/mol. The van der Waals surface area contributed by atoms with E-state index >= 15 is 0 Å². The van der Waals surface area contributed by atoms with Gasteiger partial charge in [-0.3, -0.25) is 9.59 Å². The third-order valence-corrected chi connectivity index (χ3v) is 5.40. The fourth-order valence-electron chi connectivity index (χ4n) is 3.43. The molecule has 0 heterocycles. The maximum absolute atomic E-state index is 11.8. The van der Waals surface area contributed by atoms with Crippen molar-refractivity contribution < 1.29 is 19.5 Å². The van der Waals surface area contributed by atoms with E-state index in [4.69, 9.17) is 5.11 Å². The van der Waals surface area contributed by atoms with Crippen LogP contribution in [0.15, 0.2) is 152 Å². The second-order valence-corrected chi connectivity index (χ2v) is 8.18. The molecule has 0 bridgehead atoms. The smallest absolute Gasteiger partial charge is 0.335 e. The average Bonchev–Trinajstić information content (AvgIpc) is 3.00. The number of ketones is 2. The number of aromatic carboxylic acids is 1. The van der Waals surface area contributed by atoms with Gasteiger partial charge in [-0.2, -0.15) is 0 Å². The van der Waals surface area contributed by atoms with E-state index in [1.807, 2.05) is 121 Å². The molecule has 0 unspecified atom stereocenters. The lowest BCUT2D eigenvalue weighted by Gasteiger charge is -2.00. The molecule has 0 saturated carbocycles. The van der Waals surface area contributed by atoms with Crippen LogP contribution in [0.2, 0.25) is 0 Å².